The summed E-state index contributed by atoms with van der Waals surface area (Å²) >= 11 is 0. The average Bonchev–Trinajstić information content (AvgIpc) is 2.83. The predicted molar refractivity (Wildman–Crippen MR) is 59.7 cm³/mol. The van der Waals surface area contributed by atoms with Gasteiger partial charge >= 0.3 is 0 Å². The number of aliphatic hydroxyl groups excluding tert-OH is 1. The Hall–Kier alpha value is -0.930. The largest absolute Gasteiger partial charge is 0.392 e. The molecule has 0 bridgehead atoms. The van der Waals surface area contributed by atoms with E-state index in [1.807, 2.05) is 6.07 Å². The van der Waals surface area contributed by atoms with Crippen LogP contribution in [0, 0.1) is 5.82 Å². The molecule has 0 unspecified atom stereocenters. The Balaban J connectivity index is 1.88. The Kier molecular flexibility index (Phi) is 2.45. The van der Waals surface area contributed by atoms with E-state index in [1.165, 1.54) is 5.56 Å². The van der Waals surface area contributed by atoms with E-state index < -0.39 is 0 Å². The van der Waals surface area contributed by atoms with Crippen molar-refractivity contribution >= 4 is 0 Å². The fraction of sp³-hybridized carbons (Fsp3) is 0.538. The van der Waals surface area contributed by atoms with Crippen molar-refractivity contribution in [3.8, 4) is 0 Å². The molecule has 1 aromatic carbocycles. The third kappa shape index (κ3) is 1.64. The summed E-state index contributed by atoms with van der Waals surface area (Å²) in [7, 11) is 0. The molecule has 1 aliphatic heterocycles. The van der Waals surface area contributed by atoms with Crippen LogP contribution in [0.15, 0.2) is 18.2 Å². The monoisotopic (exact) mass is 221 g/mol. The summed E-state index contributed by atoms with van der Waals surface area (Å²) < 4.78 is 13.2. The van der Waals surface area contributed by atoms with Gasteiger partial charge in [-0.25, -0.2) is 4.39 Å². The maximum Gasteiger partial charge on any atom is 0.123 e. The van der Waals surface area contributed by atoms with E-state index in [0.29, 0.717) is 6.04 Å². The number of hydrogen-bond acceptors (Lipinski definition) is 2. The summed E-state index contributed by atoms with van der Waals surface area (Å²) in [5.41, 5.74) is 2.40. The van der Waals surface area contributed by atoms with Gasteiger partial charge in [0.15, 0.2) is 0 Å². The molecule has 0 amide bonds. The second-order valence-corrected chi connectivity index (χ2v) is 4.84. The van der Waals surface area contributed by atoms with Crippen LogP contribution in [0.25, 0.3) is 0 Å². The lowest BCUT2D eigenvalue weighted by molar-refractivity contribution is 0.159. The predicted octanol–water partition coefficient (Wildman–Crippen LogP) is 1.88. The van der Waals surface area contributed by atoms with Crippen molar-refractivity contribution in [3.05, 3.63) is 35.1 Å². The lowest BCUT2D eigenvalue weighted by atomic mass is 10.1. The van der Waals surface area contributed by atoms with Crippen LogP contribution in [0.3, 0.4) is 0 Å². The summed E-state index contributed by atoms with van der Waals surface area (Å²) in [6.45, 7) is 1.67. The molecule has 0 saturated carbocycles. The highest BCUT2D eigenvalue weighted by Gasteiger charge is 2.32. The van der Waals surface area contributed by atoms with Crippen molar-refractivity contribution in [1.82, 2.24) is 4.90 Å². The Morgan fingerprint density at radius 1 is 1.31 bits per heavy atom. The van der Waals surface area contributed by atoms with E-state index in [4.69, 9.17) is 0 Å². The van der Waals surface area contributed by atoms with Crippen LogP contribution in [-0.2, 0) is 6.42 Å². The molecule has 1 aromatic rings. The second kappa shape index (κ2) is 3.82. The molecule has 0 radical (unpaired) electrons. The van der Waals surface area contributed by atoms with Crippen molar-refractivity contribution in [2.75, 3.05) is 13.1 Å². The number of β-amino-alcohol motifs (C(OH)–C–C–N with tert-alkyl or cyclic N) is 1. The first-order chi connectivity index (χ1) is 7.74. The highest BCUT2D eigenvalue weighted by Crippen LogP contribution is 2.37. The molecule has 2 nitrogen and oxygen atoms in total. The zero-order valence-electron chi connectivity index (χ0n) is 9.19. The zero-order valence-corrected chi connectivity index (χ0v) is 9.19. The van der Waals surface area contributed by atoms with Crippen LogP contribution in [0.4, 0.5) is 4.39 Å². The van der Waals surface area contributed by atoms with E-state index in [0.717, 1.165) is 37.9 Å². The van der Waals surface area contributed by atoms with E-state index >= 15 is 0 Å². The van der Waals surface area contributed by atoms with Crippen LogP contribution < -0.4 is 0 Å². The van der Waals surface area contributed by atoms with Crippen LogP contribution >= 0.6 is 0 Å². The highest BCUT2D eigenvalue weighted by atomic mass is 19.1. The lowest BCUT2D eigenvalue weighted by Crippen LogP contribution is -2.26. The van der Waals surface area contributed by atoms with Gasteiger partial charge in [0.2, 0.25) is 0 Å². The maximum absolute atomic E-state index is 13.2. The quantitative estimate of drug-likeness (QED) is 0.782. The molecule has 1 aliphatic carbocycles. The van der Waals surface area contributed by atoms with Gasteiger partial charge in [0.25, 0.3) is 0 Å². The molecular weight excluding hydrogens is 205 g/mol. The van der Waals surface area contributed by atoms with E-state index in [1.54, 1.807) is 12.1 Å². The number of aliphatic hydroxyl groups is 1. The molecule has 1 N–H and O–H groups in total. The van der Waals surface area contributed by atoms with E-state index in [2.05, 4.69) is 4.90 Å². The molecule has 1 saturated heterocycles. The van der Waals surface area contributed by atoms with Crippen molar-refractivity contribution in [3.63, 3.8) is 0 Å². The van der Waals surface area contributed by atoms with Crippen LogP contribution in [0.5, 0.6) is 0 Å². The van der Waals surface area contributed by atoms with Gasteiger partial charge in [-0.15, -0.1) is 0 Å². The molecule has 1 heterocycles. The molecular formula is C13H16FNO. The molecule has 3 rings (SSSR count). The van der Waals surface area contributed by atoms with E-state index in [9.17, 15) is 9.50 Å². The fourth-order valence-electron chi connectivity index (χ4n) is 2.98. The number of fused-ring (bicyclic) bond motifs is 1. The maximum atomic E-state index is 13.2. The summed E-state index contributed by atoms with van der Waals surface area (Å²) in [6.07, 6.45) is 2.75. The molecule has 2 aliphatic rings. The number of hydrogen-bond donors (Lipinski definition) is 1. The lowest BCUT2D eigenvalue weighted by Gasteiger charge is -2.24. The Labute approximate surface area is 94.7 Å². The molecule has 0 aromatic heterocycles. The Morgan fingerprint density at radius 2 is 2.19 bits per heavy atom. The summed E-state index contributed by atoms with van der Waals surface area (Å²) in [4.78, 5) is 2.29. The topological polar surface area (TPSA) is 23.5 Å². The minimum Gasteiger partial charge on any atom is -0.392 e. The van der Waals surface area contributed by atoms with Gasteiger partial charge in [-0.3, -0.25) is 4.90 Å². The number of aryl methyl sites for hydroxylation is 1. The van der Waals surface area contributed by atoms with Gasteiger partial charge < -0.3 is 5.11 Å². The highest BCUT2D eigenvalue weighted by molar-refractivity contribution is 5.35. The number of rotatable bonds is 1. The van der Waals surface area contributed by atoms with Gasteiger partial charge in [-0.1, -0.05) is 6.07 Å². The number of halogens is 1. The molecule has 3 heteroatoms. The van der Waals surface area contributed by atoms with Crippen molar-refractivity contribution in [2.24, 2.45) is 0 Å². The summed E-state index contributed by atoms with van der Waals surface area (Å²) in [5.74, 6) is -0.148. The van der Waals surface area contributed by atoms with Crippen LogP contribution in [0.2, 0.25) is 0 Å². The first-order valence-electron chi connectivity index (χ1n) is 5.94. The number of likely N-dealkylation sites (tertiary alicyclic amines) is 1. The van der Waals surface area contributed by atoms with Gasteiger partial charge in [-0.2, -0.15) is 0 Å². The molecule has 16 heavy (non-hydrogen) atoms. The van der Waals surface area contributed by atoms with Crippen molar-refractivity contribution in [1.29, 1.82) is 0 Å². The summed E-state index contributed by atoms with van der Waals surface area (Å²) in [6, 6.07) is 5.43. The van der Waals surface area contributed by atoms with Crippen LogP contribution in [0.1, 0.15) is 30.0 Å². The van der Waals surface area contributed by atoms with Crippen molar-refractivity contribution < 1.29 is 9.50 Å². The first-order valence-corrected chi connectivity index (χ1v) is 5.94. The molecule has 0 spiro atoms. The van der Waals surface area contributed by atoms with Gasteiger partial charge in [0.1, 0.15) is 5.82 Å². The molecule has 2 atom stereocenters. The normalized spacial score (nSPS) is 29.6. The van der Waals surface area contributed by atoms with E-state index in [-0.39, 0.29) is 11.9 Å². The zero-order chi connectivity index (χ0) is 11.1. The van der Waals surface area contributed by atoms with Gasteiger partial charge in [-0.05, 0) is 42.5 Å². The number of benzene rings is 1. The second-order valence-electron chi connectivity index (χ2n) is 4.84. The molecule has 1 fully saturated rings. The average molecular weight is 221 g/mol. The van der Waals surface area contributed by atoms with Crippen LogP contribution in [-0.4, -0.2) is 29.2 Å². The minimum atomic E-state index is -0.197. The Bertz CT molecular complexity index is 407. The smallest absolute Gasteiger partial charge is 0.123 e. The van der Waals surface area contributed by atoms with Gasteiger partial charge in [0, 0.05) is 19.1 Å². The standard InChI is InChI=1S/C13H16FNO/c14-10-3-1-9-2-4-13(12(9)7-10)15-6-5-11(16)8-15/h1,3,7,11,13,16H,2,4-6,8H2/t11-,13+/m0/s1. The SMILES string of the molecule is O[C@H]1CCN([C@@H]2CCc3ccc(F)cc32)C1. The third-order valence-electron chi connectivity index (χ3n) is 3.79. The number of nitrogens with zero attached hydrogens (tertiary/aromatic N) is 1. The third-order valence-corrected chi connectivity index (χ3v) is 3.79. The minimum absolute atomic E-state index is 0.148. The van der Waals surface area contributed by atoms with Crippen molar-refractivity contribution in [2.45, 2.75) is 31.4 Å². The molecule has 86 valence electrons. The van der Waals surface area contributed by atoms with Gasteiger partial charge in [0.05, 0.1) is 6.10 Å². The first kappa shape index (κ1) is 10.2. The fourth-order valence-corrected chi connectivity index (χ4v) is 2.98. The summed E-state index contributed by atoms with van der Waals surface area (Å²) in [5, 5.41) is 9.55. The Morgan fingerprint density at radius 3 is 2.94 bits per heavy atom.